The van der Waals surface area contributed by atoms with Crippen LogP contribution >= 0.6 is 11.8 Å². The third kappa shape index (κ3) is 6.75. The second-order valence-corrected chi connectivity index (χ2v) is 6.04. The number of hydrogen-bond acceptors (Lipinski definition) is 3. The first-order valence-corrected chi connectivity index (χ1v) is 8.17. The predicted molar refractivity (Wildman–Crippen MR) is 86.6 cm³/mol. The molecular formula is C16H23NO2S. The van der Waals surface area contributed by atoms with Crippen molar-refractivity contribution in [2.75, 3.05) is 5.75 Å². The number of nitrogens with zero attached hydrogens (tertiary/aromatic N) is 1. The summed E-state index contributed by atoms with van der Waals surface area (Å²) in [5.41, 5.74) is 1.05. The fourth-order valence-corrected chi connectivity index (χ4v) is 2.76. The normalized spacial score (nSPS) is 11.6. The van der Waals surface area contributed by atoms with E-state index in [1.165, 1.54) is 43.9 Å². The van der Waals surface area contributed by atoms with E-state index >= 15 is 0 Å². The highest BCUT2D eigenvalue weighted by atomic mass is 32.2. The summed E-state index contributed by atoms with van der Waals surface area (Å²) in [5.74, 6) is 1.15. The number of nitro groups is 1. The Hall–Kier alpha value is -1.29. The molecule has 1 aromatic carbocycles. The van der Waals surface area contributed by atoms with Crippen LogP contribution in [0.3, 0.4) is 0 Å². The molecule has 0 saturated heterocycles. The van der Waals surface area contributed by atoms with Crippen molar-refractivity contribution in [2.24, 2.45) is 0 Å². The minimum Gasteiger partial charge on any atom is -0.259 e. The van der Waals surface area contributed by atoms with Crippen molar-refractivity contribution in [3.63, 3.8) is 0 Å². The molecule has 0 aliphatic heterocycles. The van der Waals surface area contributed by atoms with Crippen LogP contribution in [0.15, 0.2) is 34.9 Å². The standard InChI is InChI=1S/C16H23NO2S/c1-3-4-5-6-7-12-20-16-10-8-15(9-11-16)13-14(2)17(18)19/h8-11,13H,3-7,12H2,1-2H3. The smallest absolute Gasteiger partial charge is 0.243 e. The van der Waals surface area contributed by atoms with Crippen LogP contribution in [0.4, 0.5) is 0 Å². The number of allylic oxidation sites excluding steroid dienone is 1. The first kappa shape index (κ1) is 16.8. The third-order valence-corrected chi connectivity index (χ3v) is 4.16. The molecule has 0 spiro atoms. The van der Waals surface area contributed by atoms with Gasteiger partial charge in [0.1, 0.15) is 0 Å². The van der Waals surface area contributed by atoms with Crippen molar-refractivity contribution >= 4 is 17.8 Å². The molecule has 110 valence electrons. The highest BCUT2D eigenvalue weighted by Crippen LogP contribution is 2.21. The zero-order valence-corrected chi connectivity index (χ0v) is 13.1. The Morgan fingerprint density at radius 3 is 2.45 bits per heavy atom. The van der Waals surface area contributed by atoms with Gasteiger partial charge in [0.2, 0.25) is 5.70 Å². The van der Waals surface area contributed by atoms with Gasteiger partial charge >= 0.3 is 0 Å². The monoisotopic (exact) mass is 293 g/mol. The van der Waals surface area contributed by atoms with E-state index < -0.39 is 0 Å². The van der Waals surface area contributed by atoms with Crippen LogP contribution in [0.5, 0.6) is 0 Å². The summed E-state index contributed by atoms with van der Waals surface area (Å²) in [6.07, 6.45) is 8.11. The molecule has 0 atom stereocenters. The van der Waals surface area contributed by atoms with Gasteiger partial charge in [-0.2, -0.15) is 0 Å². The lowest BCUT2D eigenvalue weighted by Crippen LogP contribution is -1.92. The predicted octanol–water partition coefficient (Wildman–Crippen LogP) is 5.39. The van der Waals surface area contributed by atoms with E-state index in [1.54, 1.807) is 6.08 Å². The maximum Gasteiger partial charge on any atom is 0.243 e. The molecule has 0 unspecified atom stereocenters. The summed E-state index contributed by atoms with van der Waals surface area (Å²) >= 11 is 1.86. The van der Waals surface area contributed by atoms with Gasteiger partial charge in [-0.1, -0.05) is 44.7 Å². The first-order chi connectivity index (χ1) is 9.63. The van der Waals surface area contributed by atoms with Crippen LogP contribution in [-0.2, 0) is 0 Å². The fraction of sp³-hybridized carbons (Fsp3) is 0.500. The molecule has 0 N–H and O–H groups in total. The number of unbranched alkanes of at least 4 members (excludes halogenated alkanes) is 4. The fourth-order valence-electron chi connectivity index (χ4n) is 1.85. The lowest BCUT2D eigenvalue weighted by Gasteiger charge is -2.02. The van der Waals surface area contributed by atoms with E-state index in [2.05, 4.69) is 6.92 Å². The minimum absolute atomic E-state index is 0.168. The van der Waals surface area contributed by atoms with Gasteiger partial charge in [0.15, 0.2) is 0 Å². The topological polar surface area (TPSA) is 43.1 Å². The van der Waals surface area contributed by atoms with Crippen LogP contribution < -0.4 is 0 Å². The van der Waals surface area contributed by atoms with E-state index in [1.807, 2.05) is 36.0 Å². The summed E-state index contributed by atoms with van der Waals surface area (Å²) in [6.45, 7) is 3.74. The van der Waals surface area contributed by atoms with Crippen molar-refractivity contribution in [1.29, 1.82) is 0 Å². The molecule has 3 nitrogen and oxygen atoms in total. The van der Waals surface area contributed by atoms with Gasteiger partial charge in [0.05, 0.1) is 4.92 Å². The Morgan fingerprint density at radius 2 is 1.85 bits per heavy atom. The lowest BCUT2D eigenvalue weighted by atomic mass is 10.2. The highest BCUT2D eigenvalue weighted by molar-refractivity contribution is 7.99. The van der Waals surface area contributed by atoms with Crippen LogP contribution in [0.2, 0.25) is 0 Å². The van der Waals surface area contributed by atoms with Crippen LogP contribution in [0, 0.1) is 10.1 Å². The molecule has 0 aliphatic carbocycles. The maximum absolute atomic E-state index is 10.6. The zero-order chi connectivity index (χ0) is 14.8. The second-order valence-electron chi connectivity index (χ2n) is 4.87. The van der Waals surface area contributed by atoms with E-state index in [4.69, 9.17) is 0 Å². The largest absolute Gasteiger partial charge is 0.259 e. The molecule has 20 heavy (non-hydrogen) atoms. The Bertz CT molecular complexity index is 440. The van der Waals surface area contributed by atoms with Gasteiger partial charge in [0, 0.05) is 17.9 Å². The Labute approximate surface area is 125 Å². The summed E-state index contributed by atoms with van der Waals surface area (Å²) in [7, 11) is 0. The second kappa shape index (κ2) is 9.59. The summed E-state index contributed by atoms with van der Waals surface area (Å²) in [5, 5.41) is 10.6. The van der Waals surface area contributed by atoms with Crippen molar-refractivity contribution in [3.8, 4) is 0 Å². The quantitative estimate of drug-likeness (QED) is 0.265. The molecule has 0 heterocycles. The number of thioether (sulfide) groups is 1. The van der Waals surface area contributed by atoms with E-state index in [9.17, 15) is 10.1 Å². The lowest BCUT2D eigenvalue weighted by molar-refractivity contribution is -0.422. The van der Waals surface area contributed by atoms with E-state index in [-0.39, 0.29) is 10.6 Å². The number of rotatable bonds is 9. The Balaban J connectivity index is 2.35. The molecule has 1 rings (SSSR count). The zero-order valence-electron chi connectivity index (χ0n) is 12.3. The van der Waals surface area contributed by atoms with Crippen molar-refractivity contribution < 1.29 is 4.92 Å². The minimum atomic E-state index is -0.362. The van der Waals surface area contributed by atoms with Crippen LogP contribution in [0.25, 0.3) is 6.08 Å². The van der Waals surface area contributed by atoms with Crippen molar-refractivity contribution in [1.82, 2.24) is 0 Å². The molecule has 1 aromatic rings. The molecule has 0 aromatic heterocycles. The molecule has 0 saturated carbocycles. The van der Waals surface area contributed by atoms with Crippen molar-refractivity contribution in [3.05, 3.63) is 45.6 Å². The Kier molecular flexibility index (Phi) is 8.04. The van der Waals surface area contributed by atoms with Gasteiger partial charge in [-0.05, 0) is 29.9 Å². The average molecular weight is 293 g/mol. The van der Waals surface area contributed by atoms with Gasteiger partial charge in [0.25, 0.3) is 0 Å². The van der Waals surface area contributed by atoms with Crippen molar-refractivity contribution in [2.45, 2.75) is 50.8 Å². The third-order valence-electron chi connectivity index (χ3n) is 3.06. The van der Waals surface area contributed by atoms with E-state index in [0.29, 0.717) is 0 Å². The molecule has 0 radical (unpaired) electrons. The molecule has 0 bridgehead atoms. The van der Waals surface area contributed by atoms with Gasteiger partial charge in [-0.15, -0.1) is 11.8 Å². The van der Waals surface area contributed by atoms with Gasteiger partial charge in [-0.3, -0.25) is 10.1 Å². The summed E-state index contributed by atoms with van der Waals surface area (Å²) < 4.78 is 0. The number of hydrogen-bond donors (Lipinski definition) is 0. The van der Waals surface area contributed by atoms with Crippen LogP contribution in [-0.4, -0.2) is 10.7 Å². The summed E-state index contributed by atoms with van der Waals surface area (Å²) in [6, 6.07) is 7.95. The Morgan fingerprint density at radius 1 is 1.20 bits per heavy atom. The van der Waals surface area contributed by atoms with Gasteiger partial charge in [-0.25, -0.2) is 0 Å². The average Bonchev–Trinajstić information content (AvgIpc) is 2.44. The first-order valence-electron chi connectivity index (χ1n) is 7.19. The SMILES string of the molecule is CCCCCCCSc1ccc(C=C(C)[N+](=O)[O-])cc1. The molecular weight excluding hydrogens is 270 g/mol. The molecule has 4 heteroatoms. The van der Waals surface area contributed by atoms with Gasteiger partial charge < -0.3 is 0 Å². The number of benzene rings is 1. The highest BCUT2D eigenvalue weighted by Gasteiger charge is 2.02. The molecule has 0 amide bonds. The maximum atomic E-state index is 10.6. The molecule has 0 fully saturated rings. The van der Waals surface area contributed by atoms with Crippen LogP contribution in [0.1, 0.15) is 51.5 Å². The molecule has 0 aliphatic rings. The summed E-state index contributed by atoms with van der Waals surface area (Å²) in [4.78, 5) is 11.4. The van der Waals surface area contributed by atoms with E-state index in [0.717, 1.165) is 11.3 Å².